The van der Waals surface area contributed by atoms with E-state index in [2.05, 4.69) is 24.8 Å². The van der Waals surface area contributed by atoms with Crippen LogP contribution in [-0.2, 0) is 23.4 Å². The minimum Gasteiger partial charge on any atom is -0.392 e. The van der Waals surface area contributed by atoms with Crippen LogP contribution in [0.25, 0.3) is 0 Å². The van der Waals surface area contributed by atoms with E-state index < -0.39 is 5.41 Å². The zero-order valence-corrected chi connectivity index (χ0v) is 15.4. The molecule has 2 N–H and O–H groups in total. The number of aliphatic hydroxyl groups is 2. The first-order valence-electron chi connectivity index (χ1n) is 9.12. The quantitative estimate of drug-likeness (QED) is 0.755. The van der Waals surface area contributed by atoms with E-state index >= 15 is 0 Å². The van der Waals surface area contributed by atoms with Crippen molar-refractivity contribution in [1.29, 1.82) is 5.26 Å². The largest absolute Gasteiger partial charge is 0.392 e. The fourth-order valence-corrected chi connectivity index (χ4v) is 3.63. The van der Waals surface area contributed by atoms with Crippen molar-refractivity contribution in [2.75, 3.05) is 32.8 Å². The number of benzene rings is 1. The van der Waals surface area contributed by atoms with E-state index in [4.69, 9.17) is 4.74 Å². The highest BCUT2D eigenvalue weighted by atomic mass is 16.5. The van der Waals surface area contributed by atoms with Crippen LogP contribution in [0.4, 0.5) is 0 Å². The molecule has 1 fully saturated rings. The van der Waals surface area contributed by atoms with Crippen molar-refractivity contribution in [2.45, 2.75) is 45.3 Å². The van der Waals surface area contributed by atoms with Gasteiger partial charge in [-0.25, -0.2) is 0 Å². The van der Waals surface area contributed by atoms with Crippen molar-refractivity contribution >= 4 is 0 Å². The molecule has 1 aromatic rings. The van der Waals surface area contributed by atoms with Crippen LogP contribution in [0.15, 0.2) is 18.2 Å². The van der Waals surface area contributed by atoms with Gasteiger partial charge in [0, 0.05) is 13.1 Å². The minimum absolute atomic E-state index is 0.103. The molecule has 5 nitrogen and oxygen atoms in total. The lowest BCUT2D eigenvalue weighted by molar-refractivity contribution is 0.0364. The molecule has 0 bridgehead atoms. The van der Waals surface area contributed by atoms with Gasteiger partial charge in [0.1, 0.15) is 0 Å². The fourth-order valence-electron chi connectivity index (χ4n) is 3.63. The summed E-state index contributed by atoms with van der Waals surface area (Å²) in [6.45, 7) is 8.40. The number of aliphatic hydroxyl groups excluding tert-OH is 2. The number of rotatable bonds is 8. The van der Waals surface area contributed by atoms with E-state index in [1.165, 1.54) is 0 Å². The molecule has 25 heavy (non-hydrogen) atoms. The third-order valence-electron chi connectivity index (χ3n) is 5.40. The number of hydrogen-bond acceptors (Lipinski definition) is 5. The van der Waals surface area contributed by atoms with Gasteiger partial charge in [0.05, 0.1) is 37.9 Å². The number of ether oxygens (including phenoxy) is 1. The standard InChI is InChI=1S/C20H30N2O3/c1-16(2)20(15-21,6-3-7-22-8-10-25-11-9-22)19-5-4-17(13-23)18(12-19)14-24/h4-5,12,16,23-24H,3,6-11,13-14H2,1-2H3. The second-order valence-electron chi connectivity index (χ2n) is 7.10. The highest BCUT2D eigenvalue weighted by Gasteiger charge is 2.36. The van der Waals surface area contributed by atoms with E-state index in [9.17, 15) is 15.5 Å². The van der Waals surface area contributed by atoms with Gasteiger partial charge in [-0.1, -0.05) is 32.0 Å². The molecule has 5 heteroatoms. The third kappa shape index (κ3) is 4.59. The summed E-state index contributed by atoms with van der Waals surface area (Å²) in [6.07, 6.45) is 1.73. The first kappa shape index (κ1) is 19.9. The van der Waals surface area contributed by atoms with Gasteiger partial charge in [-0.15, -0.1) is 0 Å². The van der Waals surface area contributed by atoms with Gasteiger partial charge in [0.25, 0.3) is 0 Å². The van der Waals surface area contributed by atoms with Crippen LogP contribution in [0, 0.1) is 17.2 Å². The average Bonchev–Trinajstić information content (AvgIpc) is 2.65. The van der Waals surface area contributed by atoms with Crippen LogP contribution < -0.4 is 0 Å². The summed E-state index contributed by atoms with van der Waals surface area (Å²) >= 11 is 0. The summed E-state index contributed by atoms with van der Waals surface area (Å²) < 4.78 is 5.38. The van der Waals surface area contributed by atoms with Gasteiger partial charge in [-0.05, 0) is 42.0 Å². The third-order valence-corrected chi connectivity index (χ3v) is 5.40. The molecule has 0 radical (unpaired) electrons. The second kappa shape index (κ2) is 9.30. The molecule has 1 aliphatic heterocycles. The van der Waals surface area contributed by atoms with E-state index in [-0.39, 0.29) is 19.1 Å². The Balaban J connectivity index is 2.17. The highest BCUT2D eigenvalue weighted by Crippen LogP contribution is 2.37. The van der Waals surface area contributed by atoms with E-state index in [1.54, 1.807) is 0 Å². The first-order valence-corrected chi connectivity index (χ1v) is 9.12. The maximum absolute atomic E-state index is 10.0. The Bertz CT molecular complexity index is 591. The van der Waals surface area contributed by atoms with E-state index in [1.807, 2.05) is 18.2 Å². The van der Waals surface area contributed by atoms with Crippen molar-refractivity contribution in [3.05, 3.63) is 34.9 Å². The Morgan fingerprint density at radius 2 is 1.88 bits per heavy atom. The SMILES string of the molecule is CC(C)C(C#N)(CCCN1CCOCC1)c1ccc(CO)c(CO)c1. The molecule has 0 amide bonds. The number of nitriles is 1. The molecule has 2 rings (SSSR count). The van der Waals surface area contributed by atoms with Crippen LogP contribution in [0.1, 0.15) is 43.4 Å². The molecule has 138 valence electrons. The van der Waals surface area contributed by atoms with Crippen LogP contribution in [-0.4, -0.2) is 48.0 Å². The van der Waals surface area contributed by atoms with Crippen LogP contribution in [0.5, 0.6) is 0 Å². The van der Waals surface area contributed by atoms with E-state index in [0.29, 0.717) is 5.56 Å². The average molecular weight is 346 g/mol. The lowest BCUT2D eigenvalue weighted by Gasteiger charge is -2.33. The Hall–Kier alpha value is -1.45. The molecule has 1 aromatic carbocycles. The second-order valence-corrected chi connectivity index (χ2v) is 7.10. The molecule has 1 aliphatic rings. The molecule has 1 unspecified atom stereocenters. The first-order chi connectivity index (χ1) is 12.1. The number of hydrogen-bond donors (Lipinski definition) is 2. The normalized spacial score (nSPS) is 18.1. The maximum atomic E-state index is 10.0. The minimum atomic E-state index is -0.579. The Kier molecular flexibility index (Phi) is 7.39. The van der Waals surface area contributed by atoms with Gasteiger partial charge in [0.15, 0.2) is 0 Å². The van der Waals surface area contributed by atoms with Crippen molar-refractivity contribution in [2.24, 2.45) is 5.92 Å². The lowest BCUT2D eigenvalue weighted by atomic mass is 9.69. The highest BCUT2D eigenvalue weighted by molar-refractivity contribution is 5.40. The molecule has 0 spiro atoms. The Labute approximate surface area is 150 Å². The van der Waals surface area contributed by atoms with Gasteiger partial charge in [-0.2, -0.15) is 5.26 Å². The summed E-state index contributed by atoms with van der Waals surface area (Å²) in [5.74, 6) is 0.161. The van der Waals surface area contributed by atoms with Crippen LogP contribution in [0.3, 0.4) is 0 Å². The van der Waals surface area contributed by atoms with E-state index in [0.717, 1.165) is 56.8 Å². The topological polar surface area (TPSA) is 76.7 Å². The summed E-state index contributed by atoms with van der Waals surface area (Å²) in [5.41, 5.74) is 1.78. The van der Waals surface area contributed by atoms with Gasteiger partial charge in [0.2, 0.25) is 0 Å². The van der Waals surface area contributed by atoms with Crippen LogP contribution >= 0.6 is 0 Å². The lowest BCUT2D eigenvalue weighted by Crippen LogP contribution is -2.38. The van der Waals surface area contributed by atoms with Gasteiger partial charge < -0.3 is 14.9 Å². The Morgan fingerprint density at radius 3 is 2.44 bits per heavy atom. The maximum Gasteiger partial charge on any atom is 0.0845 e. The molecule has 0 aromatic heterocycles. The van der Waals surface area contributed by atoms with Crippen LogP contribution in [0.2, 0.25) is 0 Å². The van der Waals surface area contributed by atoms with Gasteiger partial charge in [-0.3, -0.25) is 4.90 Å². The number of nitrogens with zero attached hydrogens (tertiary/aromatic N) is 2. The number of morpholine rings is 1. The smallest absolute Gasteiger partial charge is 0.0845 e. The molecule has 0 aliphatic carbocycles. The van der Waals surface area contributed by atoms with Crippen molar-refractivity contribution in [1.82, 2.24) is 4.90 Å². The fraction of sp³-hybridized carbons (Fsp3) is 0.650. The van der Waals surface area contributed by atoms with Crippen molar-refractivity contribution in [3.63, 3.8) is 0 Å². The zero-order chi connectivity index (χ0) is 18.3. The molecule has 1 saturated heterocycles. The predicted octanol–water partition coefficient (Wildman–Crippen LogP) is 2.20. The van der Waals surface area contributed by atoms with Crippen molar-refractivity contribution < 1.29 is 14.9 Å². The zero-order valence-electron chi connectivity index (χ0n) is 15.4. The van der Waals surface area contributed by atoms with Gasteiger partial charge >= 0.3 is 0 Å². The summed E-state index contributed by atoms with van der Waals surface area (Å²) in [5, 5.41) is 29.0. The summed E-state index contributed by atoms with van der Waals surface area (Å²) in [7, 11) is 0. The molecule has 1 atom stereocenters. The molecular formula is C20H30N2O3. The van der Waals surface area contributed by atoms with Crippen molar-refractivity contribution in [3.8, 4) is 6.07 Å². The monoisotopic (exact) mass is 346 g/mol. The molecule has 1 heterocycles. The predicted molar refractivity (Wildman–Crippen MR) is 96.9 cm³/mol. The summed E-state index contributed by atoms with van der Waals surface area (Å²) in [6, 6.07) is 8.23. The molecular weight excluding hydrogens is 316 g/mol. The Morgan fingerprint density at radius 1 is 1.20 bits per heavy atom. The molecule has 0 saturated carbocycles. The summed E-state index contributed by atoms with van der Waals surface area (Å²) in [4.78, 5) is 2.39.